The molecule has 0 aromatic heterocycles. The highest BCUT2D eigenvalue weighted by Crippen LogP contribution is 2.13. The summed E-state index contributed by atoms with van der Waals surface area (Å²) in [5.41, 5.74) is 3.17. The van der Waals surface area contributed by atoms with E-state index in [0.717, 1.165) is 16.7 Å². The lowest BCUT2D eigenvalue weighted by Gasteiger charge is -2.19. The lowest BCUT2D eigenvalue weighted by atomic mass is 10.0. The van der Waals surface area contributed by atoms with E-state index in [1.54, 1.807) is 0 Å². The summed E-state index contributed by atoms with van der Waals surface area (Å²) in [7, 11) is 0. The van der Waals surface area contributed by atoms with E-state index in [-0.39, 0.29) is 42.7 Å². The fraction of sp³-hybridized carbons (Fsp3) is 0.348. The van der Waals surface area contributed by atoms with Gasteiger partial charge < -0.3 is 15.4 Å². The maximum atomic E-state index is 12.3. The Balaban J connectivity index is 1.76. The molecule has 0 spiro atoms. The first-order valence-corrected chi connectivity index (χ1v) is 10.8. The molecule has 0 saturated carbocycles. The van der Waals surface area contributed by atoms with Gasteiger partial charge >= 0.3 is 12.0 Å². The number of esters is 1. The van der Waals surface area contributed by atoms with Gasteiger partial charge in [0, 0.05) is 25.3 Å². The smallest absolute Gasteiger partial charge is 0.315 e. The molecule has 1 atom stereocenters. The van der Waals surface area contributed by atoms with Crippen molar-refractivity contribution in [2.75, 3.05) is 12.3 Å². The summed E-state index contributed by atoms with van der Waals surface area (Å²) in [5.74, 6) is 0.110. The van der Waals surface area contributed by atoms with Crippen LogP contribution in [0, 0.1) is 6.92 Å². The third kappa shape index (κ3) is 9.13. The van der Waals surface area contributed by atoms with Crippen molar-refractivity contribution in [2.45, 2.75) is 39.3 Å². The zero-order valence-corrected chi connectivity index (χ0v) is 18.2. The topological polar surface area (TPSA) is 84.5 Å². The lowest BCUT2D eigenvalue weighted by molar-refractivity contribution is -0.144. The van der Waals surface area contributed by atoms with Gasteiger partial charge in [0.25, 0.3) is 0 Å². The van der Waals surface area contributed by atoms with Crippen molar-refractivity contribution in [3.63, 3.8) is 0 Å². The number of carbonyl (C=O) groups excluding carboxylic acids is 3. The average molecular weight is 429 g/mol. The van der Waals surface area contributed by atoms with Crippen LogP contribution >= 0.6 is 11.8 Å². The highest BCUT2D eigenvalue weighted by Gasteiger charge is 2.15. The molecule has 6 nitrogen and oxygen atoms in total. The maximum absolute atomic E-state index is 12.3. The molecule has 2 amide bonds. The van der Waals surface area contributed by atoms with Crippen LogP contribution in [-0.2, 0) is 27.4 Å². The molecule has 0 aliphatic carbocycles. The minimum atomic E-state index is -0.372. The molecule has 2 aromatic rings. The van der Waals surface area contributed by atoms with Gasteiger partial charge in [-0.2, -0.15) is 0 Å². The number of aryl methyl sites for hydroxylation is 1. The largest absolute Gasteiger partial charge is 0.461 e. The van der Waals surface area contributed by atoms with E-state index in [0.29, 0.717) is 12.2 Å². The van der Waals surface area contributed by atoms with Crippen molar-refractivity contribution in [1.29, 1.82) is 0 Å². The number of thioether (sulfide) groups is 1. The summed E-state index contributed by atoms with van der Waals surface area (Å²) in [4.78, 5) is 35.5. The highest BCUT2D eigenvalue weighted by atomic mass is 32.2. The molecule has 0 radical (unpaired) electrons. The second-order valence-electron chi connectivity index (χ2n) is 6.93. The molecule has 1 unspecified atom stereocenters. The predicted molar refractivity (Wildman–Crippen MR) is 119 cm³/mol. The van der Waals surface area contributed by atoms with Crippen molar-refractivity contribution in [2.24, 2.45) is 0 Å². The van der Waals surface area contributed by atoms with Gasteiger partial charge in [-0.25, -0.2) is 4.79 Å². The minimum Gasteiger partial charge on any atom is -0.461 e. The molecule has 2 N–H and O–H groups in total. The minimum absolute atomic E-state index is 0.00755. The molecule has 0 aliphatic rings. The number of rotatable bonds is 10. The molecule has 0 aliphatic heterocycles. The molecular weight excluding hydrogens is 400 g/mol. The van der Waals surface area contributed by atoms with Crippen LogP contribution < -0.4 is 10.6 Å². The van der Waals surface area contributed by atoms with Crippen molar-refractivity contribution in [3.05, 3.63) is 71.3 Å². The zero-order chi connectivity index (χ0) is 21.8. The van der Waals surface area contributed by atoms with Crippen LogP contribution in [0.1, 0.15) is 30.0 Å². The Bertz CT molecular complexity index is 842. The summed E-state index contributed by atoms with van der Waals surface area (Å²) < 4.78 is 5.20. The molecular formula is C23H28N2O4S. The van der Waals surface area contributed by atoms with E-state index < -0.39 is 0 Å². The van der Waals surface area contributed by atoms with Crippen molar-refractivity contribution >= 4 is 28.9 Å². The van der Waals surface area contributed by atoms with Gasteiger partial charge in [-0.15, -0.1) is 0 Å². The van der Waals surface area contributed by atoms with E-state index in [4.69, 9.17) is 4.74 Å². The zero-order valence-electron chi connectivity index (χ0n) is 17.4. The van der Waals surface area contributed by atoms with Crippen LogP contribution in [0.25, 0.3) is 0 Å². The molecule has 0 heterocycles. The van der Waals surface area contributed by atoms with Gasteiger partial charge in [-0.05, 0) is 30.0 Å². The maximum Gasteiger partial charge on any atom is 0.315 e. The molecule has 160 valence electrons. The number of urea groups is 1. The van der Waals surface area contributed by atoms with Crippen LogP contribution in [0.5, 0.6) is 0 Å². The number of amides is 2. The fourth-order valence-electron chi connectivity index (χ4n) is 2.80. The van der Waals surface area contributed by atoms with Gasteiger partial charge in [0.1, 0.15) is 6.61 Å². The molecule has 0 fully saturated rings. The number of hydrogen-bond acceptors (Lipinski definition) is 5. The van der Waals surface area contributed by atoms with Crippen LogP contribution in [0.15, 0.2) is 54.6 Å². The van der Waals surface area contributed by atoms with E-state index in [1.807, 2.05) is 61.5 Å². The molecule has 0 saturated heterocycles. The molecule has 30 heavy (non-hydrogen) atoms. The second-order valence-corrected chi connectivity index (χ2v) is 8.12. The first-order valence-electron chi connectivity index (χ1n) is 9.86. The quantitative estimate of drug-likeness (QED) is 0.565. The van der Waals surface area contributed by atoms with E-state index in [9.17, 15) is 14.4 Å². The van der Waals surface area contributed by atoms with Crippen LogP contribution in [0.2, 0.25) is 0 Å². The SMILES string of the molecule is CC(=O)SCC(Cc1ccccc1C)NC(=O)NCCC(=O)OCc1ccccc1. The molecule has 2 aromatic carbocycles. The monoisotopic (exact) mass is 428 g/mol. The number of hydrogen-bond donors (Lipinski definition) is 2. The van der Waals surface area contributed by atoms with Gasteiger partial charge in [0.15, 0.2) is 5.12 Å². The van der Waals surface area contributed by atoms with E-state index in [1.165, 1.54) is 18.7 Å². The number of carbonyl (C=O) groups is 3. The van der Waals surface area contributed by atoms with Crippen LogP contribution in [0.3, 0.4) is 0 Å². The Kier molecular flexibility index (Phi) is 9.94. The summed E-state index contributed by atoms with van der Waals surface area (Å²) in [6.07, 6.45) is 0.713. The van der Waals surface area contributed by atoms with Gasteiger partial charge in [-0.3, -0.25) is 9.59 Å². The summed E-state index contributed by atoms with van der Waals surface area (Å²) >= 11 is 1.18. The third-order valence-electron chi connectivity index (χ3n) is 4.41. The highest BCUT2D eigenvalue weighted by molar-refractivity contribution is 8.13. The second kappa shape index (κ2) is 12.7. The standard InChI is InChI=1S/C23H28N2O4S/c1-17-8-6-7-11-20(17)14-21(16-30-18(2)26)25-23(28)24-13-12-22(27)29-15-19-9-4-3-5-10-19/h3-11,21H,12-16H2,1-2H3,(H2,24,25,28). The van der Waals surface area contributed by atoms with Gasteiger partial charge in [0.05, 0.1) is 6.42 Å². The van der Waals surface area contributed by atoms with Gasteiger partial charge in [-0.1, -0.05) is 66.4 Å². The normalized spacial score (nSPS) is 11.4. The van der Waals surface area contributed by atoms with Crippen molar-refractivity contribution < 1.29 is 19.1 Å². The van der Waals surface area contributed by atoms with E-state index >= 15 is 0 Å². The Morgan fingerprint density at radius 3 is 2.43 bits per heavy atom. The van der Waals surface area contributed by atoms with Crippen LogP contribution in [0.4, 0.5) is 4.79 Å². The first kappa shape index (κ1) is 23.5. The Morgan fingerprint density at radius 2 is 1.73 bits per heavy atom. The molecule has 7 heteroatoms. The van der Waals surface area contributed by atoms with Crippen molar-refractivity contribution in [1.82, 2.24) is 10.6 Å². The summed E-state index contributed by atoms with van der Waals surface area (Å²) in [6, 6.07) is 16.8. The third-order valence-corrected chi connectivity index (χ3v) is 5.38. The Hall–Kier alpha value is -2.80. The Morgan fingerprint density at radius 1 is 1.03 bits per heavy atom. The predicted octanol–water partition coefficient (Wildman–Crippen LogP) is 3.62. The van der Waals surface area contributed by atoms with E-state index in [2.05, 4.69) is 10.6 Å². The Labute approximate surface area is 181 Å². The average Bonchev–Trinajstić information content (AvgIpc) is 2.73. The molecule has 2 rings (SSSR count). The summed E-state index contributed by atoms with van der Waals surface area (Å²) in [6.45, 7) is 3.92. The van der Waals surface area contributed by atoms with Crippen LogP contribution in [-0.4, -0.2) is 35.5 Å². The first-order chi connectivity index (χ1) is 14.4. The fourth-order valence-corrected chi connectivity index (χ4v) is 3.44. The van der Waals surface area contributed by atoms with Crippen molar-refractivity contribution in [3.8, 4) is 0 Å². The number of benzene rings is 2. The lowest BCUT2D eigenvalue weighted by Crippen LogP contribution is -2.45. The summed E-state index contributed by atoms with van der Waals surface area (Å²) in [5, 5.41) is 5.60. The number of nitrogens with one attached hydrogen (secondary N) is 2. The van der Waals surface area contributed by atoms with Gasteiger partial charge in [0.2, 0.25) is 0 Å². The number of ether oxygens (including phenoxy) is 1. The molecule has 0 bridgehead atoms.